The molecule has 0 aliphatic carbocycles. The molecule has 3 rings (SSSR count). The van der Waals surface area contributed by atoms with Gasteiger partial charge in [-0.15, -0.1) is 0 Å². The number of hydrogen-bond donors (Lipinski definition) is 2. The van der Waals surface area contributed by atoms with E-state index >= 15 is 0 Å². The molecule has 2 N–H and O–H groups in total. The number of esters is 1. The second-order valence-electron chi connectivity index (χ2n) is 5.92. The molecule has 0 fully saturated rings. The van der Waals surface area contributed by atoms with Crippen molar-refractivity contribution in [2.45, 2.75) is 0 Å². The van der Waals surface area contributed by atoms with E-state index in [9.17, 15) is 18.8 Å². The third-order valence-electron chi connectivity index (χ3n) is 3.90. The first kappa shape index (κ1) is 19.7. The first-order valence-corrected chi connectivity index (χ1v) is 8.54. The van der Waals surface area contributed by atoms with E-state index in [4.69, 9.17) is 0 Å². The summed E-state index contributed by atoms with van der Waals surface area (Å²) in [7, 11) is 1.22. The third-order valence-corrected chi connectivity index (χ3v) is 3.90. The van der Waals surface area contributed by atoms with Gasteiger partial charge in [-0.25, -0.2) is 9.07 Å². The van der Waals surface area contributed by atoms with Gasteiger partial charge < -0.3 is 15.4 Å². The van der Waals surface area contributed by atoms with Crippen molar-refractivity contribution in [1.29, 1.82) is 0 Å². The maximum absolute atomic E-state index is 13.3. The second kappa shape index (κ2) is 8.79. The lowest BCUT2D eigenvalue weighted by atomic mass is 10.2. The van der Waals surface area contributed by atoms with Crippen LogP contribution >= 0.6 is 0 Å². The van der Waals surface area contributed by atoms with Gasteiger partial charge in [0.25, 0.3) is 11.8 Å². The number of ether oxygens (including phenoxy) is 1. The fourth-order valence-corrected chi connectivity index (χ4v) is 2.47. The topological polar surface area (TPSA) is 102 Å². The Bertz CT molecular complexity index is 1060. The molecule has 0 aliphatic rings. The van der Waals surface area contributed by atoms with Crippen LogP contribution in [0.25, 0.3) is 5.69 Å². The summed E-state index contributed by atoms with van der Waals surface area (Å²) in [6.45, 7) is -0.260. The van der Waals surface area contributed by atoms with E-state index in [2.05, 4.69) is 20.5 Å². The molecule has 0 radical (unpaired) electrons. The van der Waals surface area contributed by atoms with Crippen molar-refractivity contribution in [3.63, 3.8) is 0 Å². The Morgan fingerprint density at radius 3 is 2.62 bits per heavy atom. The highest BCUT2D eigenvalue weighted by Crippen LogP contribution is 2.14. The fourth-order valence-electron chi connectivity index (χ4n) is 2.47. The average Bonchev–Trinajstić information content (AvgIpc) is 3.22. The minimum absolute atomic E-state index is 0.120. The molecule has 0 saturated carbocycles. The van der Waals surface area contributed by atoms with E-state index in [0.29, 0.717) is 11.4 Å². The summed E-state index contributed by atoms with van der Waals surface area (Å²) in [4.78, 5) is 35.6. The predicted molar refractivity (Wildman–Crippen MR) is 102 cm³/mol. The molecule has 3 aromatic rings. The Morgan fingerprint density at radius 2 is 1.86 bits per heavy atom. The van der Waals surface area contributed by atoms with Gasteiger partial charge in [-0.05, 0) is 42.5 Å². The maximum atomic E-state index is 13.3. The number of amides is 2. The quantitative estimate of drug-likeness (QED) is 0.622. The van der Waals surface area contributed by atoms with Crippen molar-refractivity contribution in [1.82, 2.24) is 15.1 Å². The summed E-state index contributed by atoms with van der Waals surface area (Å²) in [6, 6.07) is 13.5. The van der Waals surface area contributed by atoms with Crippen LogP contribution in [0.15, 0.2) is 60.8 Å². The summed E-state index contributed by atoms with van der Waals surface area (Å²) >= 11 is 0. The summed E-state index contributed by atoms with van der Waals surface area (Å²) in [6.07, 6.45) is 1.54. The number of carbonyl (C=O) groups is 3. The number of anilines is 1. The van der Waals surface area contributed by atoms with Crippen molar-refractivity contribution in [2.75, 3.05) is 19.0 Å². The smallest absolute Gasteiger partial charge is 0.325 e. The monoisotopic (exact) mass is 396 g/mol. The third kappa shape index (κ3) is 5.04. The van der Waals surface area contributed by atoms with Gasteiger partial charge in [0.15, 0.2) is 5.69 Å². The zero-order valence-corrected chi connectivity index (χ0v) is 15.4. The van der Waals surface area contributed by atoms with Gasteiger partial charge in [0.2, 0.25) is 0 Å². The molecule has 148 valence electrons. The molecule has 8 nitrogen and oxygen atoms in total. The van der Waals surface area contributed by atoms with Crippen molar-refractivity contribution >= 4 is 23.5 Å². The number of benzene rings is 2. The van der Waals surface area contributed by atoms with Gasteiger partial charge in [0, 0.05) is 17.4 Å². The minimum Gasteiger partial charge on any atom is -0.468 e. The van der Waals surface area contributed by atoms with Crippen molar-refractivity contribution < 1.29 is 23.5 Å². The Labute approximate surface area is 165 Å². The van der Waals surface area contributed by atoms with Crippen molar-refractivity contribution in [3.05, 3.63) is 77.9 Å². The Kier molecular flexibility index (Phi) is 5.98. The molecule has 0 atom stereocenters. The van der Waals surface area contributed by atoms with E-state index < -0.39 is 23.6 Å². The lowest BCUT2D eigenvalue weighted by Crippen LogP contribution is -2.30. The Hall–Kier alpha value is -4.01. The summed E-state index contributed by atoms with van der Waals surface area (Å²) < 4.78 is 19.2. The normalized spacial score (nSPS) is 10.3. The highest BCUT2D eigenvalue weighted by atomic mass is 19.1. The molecule has 29 heavy (non-hydrogen) atoms. The zero-order chi connectivity index (χ0) is 20.8. The number of methoxy groups -OCH3 is 1. The molecule has 0 unspecified atom stereocenters. The Balaban J connectivity index is 1.68. The molecule has 2 aromatic carbocycles. The maximum Gasteiger partial charge on any atom is 0.325 e. The number of nitrogens with one attached hydrogen (secondary N) is 2. The SMILES string of the molecule is COC(=O)CNC(=O)c1cccc(NC(=O)c2ccn(-c3cccc(F)c3)n2)c1. The Morgan fingerprint density at radius 1 is 1.07 bits per heavy atom. The molecular formula is C20H17FN4O4. The highest BCUT2D eigenvalue weighted by Gasteiger charge is 2.13. The molecule has 0 aliphatic heterocycles. The average molecular weight is 396 g/mol. The number of carbonyl (C=O) groups excluding carboxylic acids is 3. The van der Waals surface area contributed by atoms with Crippen LogP contribution in [0.1, 0.15) is 20.8 Å². The van der Waals surface area contributed by atoms with E-state index in [0.717, 1.165) is 0 Å². The molecule has 0 saturated heterocycles. The molecule has 2 amide bonds. The standard InChI is InChI=1S/C20H17FN4O4/c1-29-18(26)12-22-19(27)13-4-2-6-15(10-13)23-20(28)17-8-9-25(24-17)16-7-3-5-14(21)11-16/h2-11H,12H2,1H3,(H,22,27)(H,23,28). The fraction of sp³-hybridized carbons (Fsp3) is 0.100. The number of nitrogens with zero attached hydrogens (tertiary/aromatic N) is 2. The molecular weight excluding hydrogens is 379 g/mol. The molecule has 1 heterocycles. The van der Waals surface area contributed by atoms with Gasteiger partial charge in [0.05, 0.1) is 12.8 Å². The lowest BCUT2D eigenvalue weighted by Gasteiger charge is -2.07. The summed E-state index contributed by atoms with van der Waals surface area (Å²) in [5.41, 5.74) is 1.24. The lowest BCUT2D eigenvalue weighted by molar-refractivity contribution is -0.139. The molecule has 0 spiro atoms. The first-order valence-electron chi connectivity index (χ1n) is 8.54. The van der Waals surface area contributed by atoms with Gasteiger partial charge in [-0.1, -0.05) is 12.1 Å². The number of hydrogen-bond acceptors (Lipinski definition) is 5. The van der Waals surface area contributed by atoms with E-state index in [1.807, 2.05) is 0 Å². The van der Waals surface area contributed by atoms with Gasteiger partial charge in [-0.3, -0.25) is 14.4 Å². The van der Waals surface area contributed by atoms with Crippen LogP contribution in [0.5, 0.6) is 0 Å². The van der Waals surface area contributed by atoms with E-state index in [1.54, 1.807) is 36.5 Å². The highest BCUT2D eigenvalue weighted by molar-refractivity contribution is 6.04. The molecule has 1 aromatic heterocycles. The summed E-state index contributed by atoms with van der Waals surface area (Å²) in [5, 5.41) is 9.20. The largest absolute Gasteiger partial charge is 0.468 e. The van der Waals surface area contributed by atoms with Crippen LogP contribution in [0, 0.1) is 5.82 Å². The van der Waals surface area contributed by atoms with E-state index in [-0.39, 0.29) is 17.8 Å². The zero-order valence-electron chi connectivity index (χ0n) is 15.4. The summed E-state index contributed by atoms with van der Waals surface area (Å²) in [5.74, 6) is -1.96. The second-order valence-corrected chi connectivity index (χ2v) is 5.92. The van der Waals surface area contributed by atoms with Gasteiger partial charge in [0.1, 0.15) is 12.4 Å². The van der Waals surface area contributed by atoms with Crippen LogP contribution in [0.3, 0.4) is 0 Å². The van der Waals surface area contributed by atoms with Crippen LogP contribution in [0.4, 0.5) is 10.1 Å². The van der Waals surface area contributed by atoms with Crippen LogP contribution < -0.4 is 10.6 Å². The van der Waals surface area contributed by atoms with Crippen molar-refractivity contribution in [3.8, 4) is 5.69 Å². The number of halogens is 1. The van der Waals surface area contributed by atoms with Crippen LogP contribution in [-0.2, 0) is 9.53 Å². The van der Waals surface area contributed by atoms with Crippen molar-refractivity contribution in [2.24, 2.45) is 0 Å². The van der Waals surface area contributed by atoms with Gasteiger partial charge >= 0.3 is 5.97 Å². The molecule has 0 bridgehead atoms. The van der Waals surface area contributed by atoms with Crippen LogP contribution in [-0.4, -0.2) is 41.2 Å². The number of aromatic nitrogens is 2. The predicted octanol–water partition coefficient (Wildman–Crippen LogP) is 2.17. The number of rotatable bonds is 6. The molecule has 9 heteroatoms. The minimum atomic E-state index is -0.573. The van der Waals surface area contributed by atoms with Gasteiger partial charge in [-0.2, -0.15) is 5.10 Å². The first-order chi connectivity index (χ1) is 14.0. The van der Waals surface area contributed by atoms with Crippen LogP contribution in [0.2, 0.25) is 0 Å². The van der Waals surface area contributed by atoms with E-state index in [1.165, 1.54) is 36.1 Å².